The first-order valence-corrected chi connectivity index (χ1v) is 5.90. The van der Waals surface area contributed by atoms with Crippen LogP contribution in [-0.4, -0.2) is 19.6 Å². The van der Waals surface area contributed by atoms with E-state index >= 15 is 0 Å². The van der Waals surface area contributed by atoms with Crippen LogP contribution >= 0.6 is 24.0 Å². The number of nitrogens with zero attached hydrogens (tertiary/aromatic N) is 1. The predicted octanol–water partition coefficient (Wildman–Crippen LogP) is 2.84. The van der Waals surface area contributed by atoms with E-state index < -0.39 is 0 Å². The monoisotopic (exact) mass is 373 g/mol. The van der Waals surface area contributed by atoms with Gasteiger partial charge in [-0.1, -0.05) is 0 Å². The number of halogens is 1. The number of anilines is 1. The molecule has 4 nitrogen and oxygen atoms in total. The zero-order valence-corrected chi connectivity index (χ0v) is 13.4. The van der Waals surface area contributed by atoms with Crippen LogP contribution in [0.25, 0.3) is 0 Å². The van der Waals surface area contributed by atoms with Crippen molar-refractivity contribution in [3.05, 3.63) is 24.3 Å². The summed E-state index contributed by atoms with van der Waals surface area (Å²) in [5.41, 5.74) is 6.65. The van der Waals surface area contributed by atoms with Crippen LogP contribution < -0.4 is 15.8 Å². The SMILES string of the molecule is C#CCCCCN=C(N)Nc1ccc(OC)cc1.I. The maximum absolute atomic E-state index is 5.76. The lowest BCUT2D eigenvalue weighted by Gasteiger charge is -2.06. The number of rotatable bonds is 6. The summed E-state index contributed by atoms with van der Waals surface area (Å²) in [6, 6.07) is 7.50. The van der Waals surface area contributed by atoms with Gasteiger partial charge in [0.2, 0.25) is 0 Å². The van der Waals surface area contributed by atoms with Crippen molar-refractivity contribution >= 4 is 35.6 Å². The fourth-order valence-electron chi connectivity index (χ4n) is 1.40. The molecule has 0 bridgehead atoms. The van der Waals surface area contributed by atoms with Gasteiger partial charge >= 0.3 is 0 Å². The van der Waals surface area contributed by atoms with Crippen LogP contribution in [-0.2, 0) is 0 Å². The second-order valence-electron chi connectivity index (χ2n) is 3.78. The van der Waals surface area contributed by atoms with Gasteiger partial charge in [-0.25, -0.2) is 0 Å². The first-order valence-electron chi connectivity index (χ1n) is 5.90. The maximum Gasteiger partial charge on any atom is 0.193 e. The van der Waals surface area contributed by atoms with Crippen molar-refractivity contribution < 1.29 is 4.74 Å². The van der Waals surface area contributed by atoms with E-state index in [9.17, 15) is 0 Å². The Morgan fingerprint density at radius 2 is 2.05 bits per heavy atom. The zero-order valence-electron chi connectivity index (χ0n) is 11.1. The lowest BCUT2D eigenvalue weighted by Crippen LogP contribution is -2.22. The Kier molecular flexibility index (Phi) is 9.71. The molecule has 0 atom stereocenters. The van der Waals surface area contributed by atoms with Crippen LogP contribution in [0.5, 0.6) is 5.75 Å². The summed E-state index contributed by atoms with van der Waals surface area (Å²) >= 11 is 0. The molecule has 0 fully saturated rings. The highest BCUT2D eigenvalue weighted by Gasteiger charge is 1.95. The molecule has 0 aromatic heterocycles. The number of unbranched alkanes of at least 4 members (excludes halogenated alkanes) is 2. The van der Waals surface area contributed by atoms with Gasteiger partial charge < -0.3 is 15.8 Å². The van der Waals surface area contributed by atoms with Crippen molar-refractivity contribution in [2.24, 2.45) is 10.7 Å². The number of terminal acetylenes is 1. The van der Waals surface area contributed by atoms with Gasteiger partial charge in [-0.15, -0.1) is 36.3 Å². The van der Waals surface area contributed by atoms with E-state index in [-0.39, 0.29) is 24.0 Å². The van der Waals surface area contributed by atoms with Gasteiger partial charge in [0.05, 0.1) is 7.11 Å². The number of hydrogen-bond donors (Lipinski definition) is 2. The zero-order chi connectivity index (χ0) is 13.2. The summed E-state index contributed by atoms with van der Waals surface area (Å²) in [7, 11) is 1.63. The minimum atomic E-state index is 0. The molecular weight excluding hydrogens is 353 g/mol. The molecule has 0 saturated heterocycles. The van der Waals surface area contributed by atoms with Crippen LogP contribution in [0.3, 0.4) is 0 Å². The van der Waals surface area contributed by atoms with Crippen molar-refractivity contribution in [1.29, 1.82) is 0 Å². The van der Waals surface area contributed by atoms with Gasteiger partial charge in [-0.3, -0.25) is 4.99 Å². The number of hydrogen-bond acceptors (Lipinski definition) is 2. The minimum absolute atomic E-state index is 0. The average molecular weight is 373 g/mol. The fourth-order valence-corrected chi connectivity index (χ4v) is 1.40. The van der Waals surface area contributed by atoms with Crippen molar-refractivity contribution in [3.8, 4) is 18.1 Å². The standard InChI is InChI=1S/C14H19N3O.HI/c1-3-4-5-6-11-16-14(15)17-12-7-9-13(18-2)10-8-12;/h1,7-10H,4-6,11H2,2H3,(H3,15,16,17);1H. The Balaban J connectivity index is 0.00000324. The Labute approximate surface area is 131 Å². The molecule has 1 aromatic carbocycles. The molecular formula is C14H20IN3O. The number of aliphatic imine (C=N–C) groups is 1. The Morgan fingerprint density at radius 3 is 2.63 bits per heavy atom. The van der Waals surface area contributed by atoms with Crippen LogP contribution in [0.1, 0.15) is 19.3 Å². The smallest absolute Gasteiger partial charge is 0.193 e. The van der Waals surface area contributed by atoms with Gasteiger partial charge in [0, 0.05) is 18.7 Å². The second-order valence-corrected chi connectivity index (χ2v) is 3.78. The minimum Gasteiger partial charge on any atom is -0.497 e. The predicted molar refractivity (Wildman–Crippen MR) is 91.2 cm³/mol. The molecule has 5 heteroatoms. The average Bonchev–Trinajstić information content (AvgIpc) is 2.39. The van der Waals surface area contributed by atoms with Crippen molar-refractivity contribution in [3.63, 3.8) is 0 Å². The molecule has 0 amide bonds. The summed E-state index contributed by atoms with van der Waals surface area (Å²) in [5, 5.41) is 3.02. The Hall–Kier alpha value is -1.42. The third kappa shape index (κ3) is 7.57. The molecule has 0 heterocycles. The van der Waals surface area contributed by atoms with Gasteiger partial charge in [0.25, 0.3) is 0 Å². The summed E-state index contributed by atoms with van der Waals surface area (Å²) in [6.07, 6.45) is 7.89. The highest BCUT2D eigenvalue weighted by molar-refractivity contribution is 14.0. The lowest BCUT2D eigenvalue weighted by atomic mass is 10.2. The van der Waals surface area contributed by atoms with E-state index in [1.165, 1.54) is 0 Å². The van der Waals surface area contributed by atoms with Crippen LogP contribution in [0.15, 0.2) is 29.3 Å². The van der Waals surface area contributed by atoms with Crippen LogP contribution in [0.4, 0.5) is 5.69 Å². The molecule has 0 spiro atoms. The number of guanidine groups is 1. The molecule has 1 aromatic rings. The van der Waals surface area contributed by atoms with Crippen LogP contribution in [0, 0.1) is 12.3 Å². The first kappa shape index (κ1) is 17.6. The van der Waals surface area contributed by atoms with Gasteiger partial charge in [0.15, 0.2) is 5.96 Å². The van der Waals surface area contributed by atoms with Crippen LogP contribution in [0.2, 0.25) is 0 Å². The molecule has 0 unspecified atom stereocenters. The van der Waals surface area contributed by atoms with Gasteiger partial charge in [0.1, 0.15) is 5.75 Å². The highest BCUT2D eigenvalue weighted by atomic mass is 127. The summed E-state index contributed by atoms with van der Waals surface area (Å²) in [4.78, 5) is 4.22. The van der Waals surface area contributed by atoms with E-state index in [4.69, 9.17) is 16.9 Å². The molecule has 3 N–H and O–H groups in total. The summed E-state index contributed by atoms with van der Waals surface area (Å²) < 4.78 is 5.07. The third-order valence-electron chi connectivity index (χ3n) is 2.37. The number of benzene rings is 1. The molecule has 19 heavy (non-hydrogen) atoms. The lowest BCUT2D eigenvalue weighted by molar-refractivity contribution is 0.415. The number of methoxy groups -OCH3 is 1. The van der Waals surface area contributed by atoms with E-state index in [1.54, 1.807) is 7.11 Å². The Bertz CT molecular complexity index is 423. The maximum atomic E-state index is 5.76. The molecule has 0 saturated carbocycles. The molecule has 0 aliphatic carbocycles. The van der Waals surface area contributed by atoms with Gasteiger partial charge in [-0.2, -0.15) is 0 Å². The van der Waals surface area contributed by atoms with E-state index in [0.29, 0.717) is 12.5 Å². The topological polar surface area (TPSA) is 59.6 Å². The van der Waals surface area contributed by atoms with E-state index in [1.807, 2.05) is 24.3 Å². The first-order chi connectivity index (χ1) is 8.76. The number of nitrogens with one attached hydrogen (secondary N) is 1. The van der Waals surface area contributed by atoms with Crippen molar-refractivity contribution in [2.75, 3.05) is 19.0 Å². The largest absolute Gasteiger partial charge is 0.497 e. The molecule has 104 valence electrons. The molecule has 0 radical (unpaired) electrons. The van der Waals surface area contributed by atoms with E-state index in [0.717, 1.165) is 30.7 Å². The Morgan fingerprint density at radius 1 is 1.37 bits per heavy atom. The third-order valence-corrected chi connectivity index (χ3v) is 2.37. The summed E-state index contributed by atoms with van der Waals surface area (Å²) in [6.45, 7) is 0.691. The number of ether oxygens (including phenoxy) is 1. The number of nitrogens with two attached hydrogens (primary N) is 1. The molecule has 1 rings (SSSR count). The highest BCUT2D eigenvalue weighted by Crippen LogP contribution is 2.14. The fraction of sp³-hybridized carbons (Fsp3) is 0.357. The van der Waals surface area contributed by atoms with Crippen molar-refractivity contribution in [2.45, 2.75) is 19.3 Å². The van der Waals surface area contributed by atoms with E-state index in [2.05, 4.69) is 16.2 Å². The second kappa shape index (κ2) is 10.5. The van der Waals surface area contributed by atoms with Crippen molar-refractivity contribution in [1.82, 2.24) is 0 Å². The quantitative estimate of drug-likeness (QED) is 0.265. The van der Waals surface area contributed by atoms with Gasteiger partial charge in [-0.05, 0) is 37.1 Å². The molecule has 0 aliphatic heterocycles. The normalized spacial score (nSPS) is 10.2. The molecule has 0 aliphatic rings. The summed E-state index contributed by atoms with van der Waals surface area (Å²) in [5.74, 6) is 3.83.